The van der Waals surface area contributed by atoms with Crippen LogP contribution >= 0.6 is 0 Å². The predicted octanol–water partition coefficient (Wildman–Crippen LogP) is 5.72. The lowest BCUT2D eigenvalue weighted by molar-refractivity contribution is -0.0748. The Morgan fingerprint density at radius 3 is 2.11 bits per heavy atom. The predicted molar refractivity (Wildman–Crippen MR) is 129 cm³/mol. The van der Waals surface area contributed by atoms with E-state index in [0.717, 1.165) is 28.3 Å². The van der Waals surface area contributed by atoms with Crippen molar-refractivity contribution in [3.05, 3.63) is 94.8 Å². The van der Waals surface area contributed by atoms with Crippen LogP contribution in [-0.4, -0.2) is 48.7 Å². The molecule has 37 heavy (non-hydrogen) atoms. The van der Waals surface area contributed by atoms with Crippen LogP contribution in [0.25, 0.3) is 11.1 Å². The zero-order chi connectivity index (χ0) is 25.7. The van der Waals surface area contributed by atoms with E-state index in [0.29, 0.717) is 6.07 Å². The highest BCUT2D eigenvalue weighted by molar-refractivity contribution is 5.98. The normalized spacial score (nSPS) is 22.4. The van der Waals surface area contributed by atoms with E-state index in [4.69, 9.17) is 9.47 Å². The zero-order valence-corrected chi connectivity index (χ0v) is 19.8. The first-order chi connectivity index (χ1) is 17.9. The Labute approximate surface area is 211 Å². The molecule has 8 heteroatoms. The van der Waals surface area contributed by atoms with Crippen molar-refractivity contribution >= 4 is 11.9 Å². The third-order valence-corrected chi connectivity index (χ3v) is 7.70. The van der Waals surface area contributed by atoms with Gasteiger partial charge in [0.2, 0.25) is 0 Å². The Balaban J connectivity index is 1.18. The number of nitrogens with zero attached hydrogens (tertiary/aromatic N) is 1. The molecule has 0 radical (unpaired) electrons. The molecule has 5 nitrogen and oxygen atoms in total. The average Bonchev–Trinajstić information content (AvgIpc) is 3.22. The van der Waals surface area contributed by atoms with E-state index >= 15 is 0 Å². The Bertz CT molecular complexity index is 1330. The molecular weight excluding hydrogens is 483 g/mol. The van der Waals surface area contributed by atoms with E-state index in [1.54, 1.807) is 4.90 Å². The highest BCUT2D eigenvalue weighted by atomic mass is 19.2. The van der Waals surface area contributed by atoms with Crippen LogP contribution in [0, 0.1) is 23.4 Å². The quantitative estimate of drug-likeness (QED) is 0.335. The first-order valence-corrected chi connectivity index (χ1v) is 12.3. The Hall–Kier alpha value is -3.65. The van der Waals surface area contributed by atoms with Gasteiger partial charge in [0.05, 0.1) is 30.9 Å². The maximum atomic E-state index is 14.3. The van der Waals surface area contributed by atoms with Gasteiger partial charge in [-0.05, 0) is 41.2 Å². The molecule has 2 aliphatic heterocycles. The fraction of sp³-hybridized carbons (Fsp3) is 0.310. The summed E-state index contributed by atoms with van der Waals surface area (Å²) in [5.41, 5.74) is 3.87. The van der Waals surface area contributed by atoms with Gasteiger partial charge in [-0.1, -0.05) is 48.5 Å². The molecule has 2 unspecified atom stereocenters. The lowest BCUT2D eigenvalue weighted by Crippen LogP contribution is -2.60. The van der Waals surface area contributed by atoms with Crippen molar-refractivity contribution < 1.29 is 32.2 Å². The molecule has 2 fully saturated rings. The van der Waals surface area contributed by atoms with Gasteiger partial charge in [-0.3, -0.25) is 9.69 Å². The van der Waals surface area contributed by atoms with E-state index in [9.17, 15) is 22.8 Å². The second-order valence-corrected chi connectivity index (χ2v) is 9.84. The first kappa shape index (κ1) is 23.7. The third kappa shape index (κ3) is 4.09. The van der Waals surface area contributed by atoms with Gasteiger partial charge in [0.1, 0.15) is 12.4 Å². The molecular formula is C29H24F3NO4. The minimum absolute atomic E-state index is 0.0857. The molecule has 0 saturated carbocycles. The van der Waals surface area contributed by atoms with Crippen LogP contribution in [0.5, 0.6) is 0 Å². The number of morpholine rings is 1. The molecule has 0 N–H and O–H groups in total. The van der Waals surface area contributed by atoms with E-state index in [1.165, 1.54) is 0 Å². The summed E-state index contributed by atoms with van der Waals surface area (Å²) in [6.07, 6.45) is -0.108. The number of ether oxygens (including phenoxy) is 2. The van der Waals surface area contributed by atoms with E-state index in [2.05, 4.69) is 12.1 Å². The fourth-order valence-corrected chi connectivity index (χ4v) is 6.05. The van der Waals surface area contributed by atoms with Crippen LogP contribution in [0.4, 0.5) is 18.0 Å². The summed E-state index contributed by atoms with van der Waals surface area (Å²) in [5, 5.41) is 0. The van der Waals surface area contributed by atoms with Crippen LogP contribution < -0.4 is 0 Å². The molecule has 2 bridgehead atoms. The monoisotopic (exact) mass is 507 g/mol. The zero-order valence-electron chi connectivity index (χ0n) is 19.8. The molecule has 3 aromatic rings. The van der Waals surface area contributed by atoms with Gasteiger partial charge in [0.25, 0.3) is 0 Å². The highest BCUT2D eigenvalue weighted by Gasteiger charge is 2.45. The molecule has 6 rings (SSSR count). The van der Waals surface area contributed by atoms with Gasteiger partial charge in [-0.2, -0.15) is 0 Å². The lowest BCUT2D eigenvalue weighted by atomic mass is 9.80. The molecule has 1 aliphatic carbocycles. The number of piperidine rings is 1. The van der Waals surface area contributed by atoms with Crippen molar-refractivity contribution in [2.75, 3.05) is 19.8 Å². The number of fused-ring (bicyclic) bond motifs is 5. The Morgan fingerprint density at radius 1 is 0.892 bits per heavy atom. The SMILES string of the molecule is O=C(c1cc(F)cc(F)c1F)C1CC2COCC(C1)N2C(=O)OCC1c2ccccc2-c2ccccc21. The number of amides is 1. The average molecular weight is 508 g/mol. The highest BCUT2D eigenvalue weighted by Crippen LogP contribution is 2.45. The minimum Gasteiger partial charge on any atom is -0.448 e. The third-order valence-electron chi connectivity index (χ3n) is 7.70. The van der Waals surface area contributed by atoms with Gasteiger partial charge >= 0.3 is 6.09 Å². The maximum Gasteiger partial charge on any atom is 0.410 e. The number of halogens is 3. The van der Waals surface area contributed by atoms with Crippen LogP contribution in [0.3, 0.4) is 0 Å². The van der Waals surface area contributed by atoms with Gasteiger partial charge in [-0.25, -0.2) is 18.0 Å². The van der Waals surface area contributed by atoms with Crippen LogP contribution in [0.15, 0.2) is 60.7 Å². The van der Waals surface area contributed by atoms with Crippen LogP contribution in [0.1, 0.15) is 40.2 Å². The number of hydrogen-bond donors (Lipinski definition) is 0. The van der Waals surface area contributed by atoms with Gasteiger partial charge in [0, 0.05) is 17.9 Å². The summed E-state index contributed by atoms with van der Waals surface area (Å²) in [5.74, 6) is -5.21. The molecule has 3 aromatic carbocycles. The first-order valence-electron chi connectivity index (χ1n) is 12.3. The number of carbonyl (C=O) groups excluding carboxylic acids is 2. The summed E-state index contributed by atoms with van der Waals surface area (Å²) in [4.78, 5) is 27.9. The molecule has 3 aliphatic rings. The summed E-state index contributed by atoms with van der Waals surface area (Å²) in [7, 11) is 0. The summed E-state index contributed by atoms with van der Waals surface area (Å²) in [6, 6.07) is 16.3. The van der Waals surface area contributed by atoms with E-state index < -0.39 is 52.9 Å². The van der Waals surface area contributed by atoms with Gasteiger partial charge in [-0.15, -0.1) is 0 Å². The van der Waals surface area contributed by atoms with Crippen molar-refractivity contribution in [1.82, 2.24) is 4.90 Å². The molecule has 0 spiro atoms. The molecule has 2 saturated heterocycles. The Morgan fingerprint density at radius 2 is 1.49 bits per heavy atom. The Kier molecular flexibility index (Phi) is 5.99. The molecule has 0 aromatic heterocycles. The summed E-state index contributed by atoms with van der Waals surface area (Å²) < 4.78 is 53.1. The molecule has 2 heterocycles. The largest absolute Gasteiger partial charge is 0.448 e. The number of hydrogen-bond acceptors (Lipinski definition) is 4. The number of Topliss-reactive ketones (excluding diaryl/α,β-unsaturated/α-hetero) is 1. The summed E-state index contributed by atoms with van der Waals surface area (Å²) >= 11 is 0. The lowest BCUT2D eigenvalue weighted by Gasteiger charge is -2.47. The van der Waals surface area contributed by atoms with Gasteiger partial charge < -0.3 is 9.47 Å². The number of benzene rings is 3. The van der Waals surface area contributed by atoms with E-state index in [-0.39, 0.29) is 38.6 Å². The van der Waals surface area contributed by atoms with Crippen molar-refractivity contribution in [2.24, 2.45) is 5.92 Å². The van der Waals surface area contributed by atoms with Crippen LogP contribution in [0.2, 0.25) is 0 Å². The van der Waals surface area contributed by atoms with Gasteiger partial charge in [0.15, 0.2) is 17.4 Å². The molecule has 190 valence electrons. The van der Waals surface area contributed by atoms with E-state index in [1.807, 2.05) is 36.4 Å². The van der Waals surface area contributed by atoms with Crippen LogP contribution in [-0.2, 0) is 9.47 Å². The molecule has 2 atom stereocenters. The molecule has 1 amide bonds. The fourth-order valence-electron chi connectivity index (χ4n) is 6.05. The minimum atomic E-state index is -1.40. The second-order valence-electron chi connectivity index (χ2n) is 9.84. The topological polar surface area (TPSA) is 55.8 Å². The number of rotatable bonds is 4. The maximum absolute atomic E-state index is 14.3. The number of carbonyl (C=O) groups is 2. The standard InChI is InChI=1S/C29H24F3NO4/c30-17-11-24(27(32)26(31)12-17)28(34)16-9-18-13-36-14-19(10-16)33(18)29(35)37-15-25-22-7-3-1-5-20(22)21-6-2-4-8-23(21)25/h1-8,11-12,16,18-19,25H,9-10,13-15H2. The van der Waals surface area contributed by atoms with Crippen molar-refractivity contribution in [3.8, 4) is 11.1 Å². The van der Waals surface area contributed by atoms with Crippen molar-refractivity contribution in [1.29, 1.82) is 0 Å². The second kappa shape index (κ2) is 9.34. The smallest absolute Gasteiger partial charge is 0.410 e. The number of ketones is 1. The van der Waals surface area contributed by atoms with Crippen molar-refractivity contribution in [3.63, 3.8) is 0 Å². The van der Waals surface area contributed by atoms with Crippen molar-refractivity contribution in [2.45, 2.75) is 30.8 Å². The summed E-state index contributed by atoms with van der Waals surface area (Å²) in [6.45, 7) is 0.564.